The number of aryl methyl sites for hydroxylation is 1. The van der Waals surface area contributed by atoms with Crippen LogP contribution in [-0.2, 0) is 25.8 Å². The number of benzene rings is 1. The molecule has 0 radical (unpaired) electrons. The molecule has 2 amide bonds. The van der Waals surface area contributed by atoms with E-state index in [9.17, 15) is 18.0 Å². The SMILES string of the molecule is Cc1cc(NC(=O)C2CCN(C(=O)Cc3ccc(S(=O)(=O)C(C)C)cc3)CC2)no1. The summed E-state index contributed by atoms with van der Waals surface area (Å²) in [6.07, 6.45) is 1.37. The van der Waals surface area contributed by atoms with Crippen molar-refractivity contribution >= 4 is 27.5 Å². The number of piperidine rings is 1. The van der Waals surface area contributed by atoms with Crippen LogP contribution >= 0.6 is 0 Å². The van der Waals surface area contributed by atoms with E-state index in [4.69, 9.17) is 4.52 Å². The number of sulfone groups is 1. The Hall–Kier alpha value is -2.68. The van der Waals surface area contributed by atoms with Crippen LogP contribution in [0.4, 0.5) is 5.82 Å². The van der Waals surface area contributed by atoms with Crippen molar-refractivity contribution in [1.82, 2.24) is 10.1 Å². The predicted octanol–water partition coefficient (Wildman–Crippen LogP) is 2.58. The van der Waals surface area contributed by atoms with Crippen molar-refractivity contribution in [2.75, 3.05) is 18.4 Å². The highest BCUT2D eigenvalue weighted by Crippen LogP contribution is 2.21. The van der Waals surface area contributed by atoms with Crippen LogP contribution in [0.1, 0.15) is 38.0 Å². The first-order valence-corrected chi connectivity index (χ1v) is 11.6. The van der Waals surface area contributed by atoms with Gasteiger partial charge in [-0.15, -0.1) is 0 Å². The second kappa shape index (κ2) is 8.99. The van der Waals surface area contributed by atoms with Gasteiger partial charge in [-0.05, 0) is 51.3 Å². The van der Waals surface area contributed by atoms with Crippen LogP contribution in [0.3, 0.4) is 0 Å². The molecule has 3 rings (SSSR count). The van der Waals surface area contributed by atoms with E-state index >= 15 is 0 Å². The molecule has 30 heavy (non-hydrogen) atoms. The molecule has 0 spiro atoms. The van der Waals surface area contributed by atoms with Crippen molar-refractivity contribution in [1.29, 1.82) is 0 Å². The zero-order chi connectivity index (χ0) is 21.9. The molecule has 162 valence electrons. The largest absolute Gasteiger partial charge is 0.360 e. The summed E-state index contributed by atoms with van der Waals surface area (Å²) in [5.41, 5.74) is 0.768. The summed E-state index contributed by atoms with van der Waals surface area (Å²) in [7, 11) is -3.32. The second-order valence-electron chi connectivity index (χ2n) is 7.88. The van der Waals surface area contributed by atoms with Crippen molar-refractivity contribution < 1.29 is 22.5 Å². The van der Waals surface area contributed by atoms with Crippen molar-refractivity contribution in [2.45, 2.75) is 50.2 Å². The first-order chi connectivity index (χ1) is 14.2. The smallest absolute Gasteiger partial charge is 0.228 e. The number of amides is 2. The normalized spacial score (nSPS) is 15.4. The summed E-state index contributed by atoms with van der Waals surface area (Å²) in [6, 6.07) is 8.15. The molecule has 0 saturated carbocycles. The minimum absolute atomic E-state index is 0.0274. The van der Waals surface area contributed by atoms with E-state index in [2.05, 4.69) is 10.5 Å². The van der Waals surface area contributed by atoms with Crippen LogP contribution < -0.4 is 5.32 Å². The average Bonchev–Trinajstić information content (AvgIpc) is 3.13. The first kappa shape index (κ1) is 22.0. The molecule has 1 N–H and O–H groups in total. The highest BCUT2D eigenvalue weighted by molar-refractivity contribution is 7.92. The zero-order valence-corrected chi connectivity index (χ0v) is 18.2. The van der Waals surface area contributed by atoms with Gasteiger partial charge in [0, 0.05) is 25.1 Å². The van der Waals surface area contributed by atoms with Gasteiger partial charge in [0.1, 0.15) is 5.76 Å². The highest BCUT2D eigenvalue weighted by Gasteiger charge is 2.28. The molecule has 1 aromatic carbocycles. The topological polar surface area (TPSA) is 110 Å². The van der Waals surface area contributed by atoms with Crippen LogP contribution in [0, 0.1) is 12.8 Å². The summed E-state index contributed by atoms with van der Waals surface area (Å²) in [5, 5.41) is 6.02. The number of anilines is 1. The Bertz CT molecular complexity index is 1000. The lowest BCUT2D eigenvalue weighted by molar-refractivity contribution is -0.133. The van der Waals surface area contributed by atoms with Crippen molar-refractivity contribution in [3.8, 4) is 0 Å². The minimum Gasteiger partial charge on any atom is -0.360 e. The van der Waals surface area contributed by atoms with Gasteiger partial charge in [-0.1, -0.05) is 17.3 Å². The molecule has 9 heteroatoms. The molecule has 0 unspecified atom stereocenters. The Labute approximate surface area is 176 Å². The molecule has 0 atom stereocenters. The van der Waals surface area contributed by atoms with Crippen LogP contribution in [0.5, 0.6) is 0 Å². The predicted molar refractivity (Wildman–Crippen MR) is 112 cm³/mol. The van der Waals surface area contributed by atoms with Gasteiger partial charge in [0.05, 0.1) is 16.6 Å². The van der Waals surface area contributed by atoms with Crippen LogP contribution in [0.2, 0.25) is 0 Å². The monoisotopic (exact) mass is 433 g/mol. The van der Waals surface area contributed by atoms with Gasteiger partial charge >= 0.3 is 0 Å². The Morgan fingerprint density at radius 2 is 1.83 bits per heavy atom. The number of hydrogen-bond donors (Lipinski definition) is 1. The van der Waals surface area contributed by atoms with Crippen LogP contribution in [0.15, 0.2) is 39.8 Å². The fraction of sp³-hybridized carbons (Fsp3) is 0.476. The maximum Gasteiger partial charge on any atom is 0.228 e. The van der Waals surface area contributed by atoms with Crippen molar-refractivity contribution in [3.63, 3.8) is 0 Å². The maximum absolute atomic E-state index is 12.6. The molecule has 1 aliphatic heterocycles. The molecule has 1 fully saturated rings. The van der Waals surface area contributed by atoms with E-state index in [1.165, 1.54) is 0 Å². The van der Waals surface area contributed by atoms with E-state index < -0.39 is 15.1 Å². The summed E-state index contributed by atoms with van der Waals surface area (Å²) in [6.45, 7) is 6.06. The Kier molecular flexibility index (Phi) is 6.60. The van der Waals surface area contributed by atoms with Crippen molar-refractivity contribution in [3.05, 3.63) is 41.7 Å². The van der Waals surface area contributed by atoms with Gasteiger partial charge in [-0.3, -0.25) is 9.59 Å². The lowest BCUT2D eigenvalue weighted by Crippen LogP contribution is -2.42. The van der Waals surface area contributed by atoms with Gasteiger partial charge < -0.3 is 14.7 Å². The molecular formula is C21H27N3O5S. The Morgan fingerprint density at radius 3 is 2.37 bits per heavy atom. The van der Waals surface area contributed by atoms with E-state index in [1.54, 1.807) is 56.0 Å². The zero-order valence-electron chi connectivity index (χ0n) is 17.4. The van der Waals surface area contributed by atoms with Gasteiger partial charge in [-0.2, -0.15) is 0 Å². The van der Waals surface area contributed by atoms with Gasteiger partial charge in [0.25, 0.3) is 0 Å². The van der Waals surface area contributed by atoms with E-state index in [0.717, 1.165) is 5.56 Å². The second-order valence-corrected chi connectivity index (χ2v) is 10.4. The molecular weight excluding hydrogens is 406 g/mol. The average molecular weight is 434 g/mol. The molecule has 8 nitrogen and oxygen atoms in total. The fourth-order valence-electron chi connectivity index (χ4n) is 3.40. The number of nitrogens with one attached hydrogen (secondary N) is 1. The number of rotatable bonds is 6. The third-order valence-electron chi connectivity index (χ3n) is 5.33. The number of hydrogen-bond acceptors (Lipinski definition) is 6. The molecule has 1 aromatic heterocycles. The van der Waals surface area contributed by atoms with Crippen molar-refractivity contribution in [2.24, 2.45) is 5.92 Å². The third kappa shape index (κ3) is 5.08. The number of aromatic nitrogens is 1. The summed E-state index contributed by atoms with van der Waals surface area (Å²) >= 11 is 0. The van der Waals surface area contributed by atoms with Gasteiger partial charge in [-0.25, -0.2) is 8.42 Å². The molecule has 2 heterocycles. The van der Waals surface area contributed by atoms with Crippen LogP contribution in [0.25, 0.3) is 0 Å². The number of carbonyl (C=O) groups excluding carboxylic acids is 2. The number of likely N-dealkylation sites (tertiary alicyclic amines) is 1. The minimum atomic E-state index is -3.32. The lowest BCUT2D eigenvalue weighted by Gasteiger charge is -2.31. The molecule has 1 saturated heterocycles. The molecule has 2 aromatic rings. The van der Waals surface area contributed by atoms with E-state index in [1.807, 2.05) is 0 Å². The Morgan fingerprint density at radius 1 is 1.20 bits per heavy atom. The quantitative estimate of drug-likeness (QED) is 0.750. The lowest BCUT2D eigenvalue weighted by atomic mass is 9.95. The van der Waals surface area contributed by atoms with E-state index in [-0.39, 0.29) is 29.0 Å². The third-order valence-corrected chi connectivity index (χ3v) is 7.50. The fourth-order valence-corrected chi connectivity index (χ4v) is 4.46. The number of nitrogens with zero attached hydrogens (tertiary/aromatic N) is 2. The van der Waals surface area contributed by atoms with E-state index in [0.29, 0.717) is 37.5 Å². The van der Waals surface area contributed by atoms with Crippen LogP contribution in [-0.4, -0.2) is 48.6 Å². The summed E-state index contributed by atoms with van der Waals surface area (Å²) in [4.78, 5) is 27.0. The molecule has 0 bridgehead atoms. The standard InChI is InChI=1S/C21H27N3O5S/c1-14(2)30(27,28)18-6-4-16(5-7-18)13-20(25)24-10-8-17(9-11-24)21(26)22-19-12-15(3)29-23-19/h4-7,12,14,17H,8-11,13H2,1-3H3,(H,22,23,26). The summed E-state index contributed by atoms with van der Waals surface area (Å²) in [5.74, 6) is 0.712. The molecule has 1 aliphatic rings. The molecule has 0 aliphatic carbocycles. The maximum atomic E-state index is 12.6. The van der Waals surface area contributed by atoms with Gasteiger partial charge in [0.2, 0.25) is 11.8 Å². The number of carbonyl (C=O) groups is 2. The first-order valence-electron chi connectivity index (χ1n) is 10.0. The van der Waals surface area contributed by atoms with Gasteiger partial charge in [0.15, 0.2) is 15.7 Å². The Balaban J connectivity index is 1.51. The summed E-state index contributed by atoms with van der Waals surface area (Å²) < 4.78 is 29.3. The highest BCUT2D eigenvalue weighted by atomic mass is 32.2.